The number of nitrogens with zero attached hydrogens (tertiary/aromatic N) is 1. The van der Waals surface area contributed by atoms with Gasteiger partial charge >= 0.3 is 0 Å². The molecule has 0 aliphatic carbocycles. The third kappa shape index (κ3) is 6.16. The quantitative estimate of drug-likeness (QED) is 0.345. The summed E-state index contributed by atoms with van der Waals surface area (Å²) in [4.78, 5) is 16.0. The standard InChI is InChI=1S/C15H24N4O2/c1-3-12(4-2)19-15(16)18-10-9-17-14(21)11-5-7-13(20)8-6-11/h5-8,12,20H,3-4,9-10H2,1-2H3,(H,17,21)(H3,16,18,19). The summed E-state index contributed by atoms with van der Waals surface area (Å²) in [5.41, 5.74) is 6.27. The number of nitrogens with one attached hydrogen (secondary N) is 2. The summed E-state index contributed by atoms with van der Waals surface area (Å²) in [6.07, 6.45) is 1.98. The second kappa shape index (κ2) is 8.84. The lowest BCUT2D eigenvalue weighted by molar-refractivity contribution is 0.0955. The third-order valence-electron chi connectivity index (χ3n) is 3.15. The molecule has 5 N–H and O–H groups in total. The lowest BCUT2D eigenvalue weighted by atomic mass is 10.2. The van der Waals surface area contributed by atoms with Crippen molar-refractivity contribution < 1.29 is 9.90 Å². The molecule has 6 nitrogen and oxygen atoms in total. The van der Waals surface area contributed by atoms with E-state index in [4.69, 9.17) is 10.8 Å². The van der Waals surface area contributed by atoms with Gasteiger partial charge in [0.15, 0.2) is 5.96 Å². The predicted molar refractivity (Wildman–Crippen MR) is 84.4 cm³/mol. The molecular weight excluding hydrogens is 268 g/mol. The molecule has 0 aromatic heterocycles. The van der Waals surface area contributed by atoms with Gasteiger partial charge in [0.2, 0.25) is 0 Å². The number of phenols is 1. The maximum Gasteiger partial charge on any atom is 0.251 e. The monoisotopic (exact) mass is 292 g/mol. The topological polar surface area (TPSA) is 99.7 Å². The van der Waals surface area contributed by atoms with Crippen LogP contribution >= 0.6 is 0 Å². The molecule has 0 bridgehead atoms. The Hall–Kier alpha value is -2.24. The van der Waals surface area contributed by atoms with Crippen molar-refractivity contribution in [1.82, 2.24) is 10.6 Å². The van der Waals surface area contributed by atoms with Crippen molar-refractivity contribution in [3.63, 3.8) is 0 Å². The summed E-state index contributed by atoms with van der Waals surface area (Å²) >= 11 is 0. The molecule has 0 fully saturated rings. The first-order chi connectivity index (χ1) is 10.1. The van der Waals surface area contributed by atoms with Crippen LogP contribution in [0.1, 0.15) is 37.0 Å². The van der Waals surface area contributed by atoms with E-state index in [9.17, 15) is 4.79 Å². The summed E-state index contributed by atoms with van der Waals surface area (Å²) in [5, 5.41) is 15.0. The minimum absolute atomic E-state index is 0.136. The molecule has 0 radical (unpaired) electrons. The smallest absolute Gasteiger partial charge is 0.251 e. The van der Waals surface area contributed by atoms with Crippen molar-refractivity contribution in [1.29, 1.82) is 0 Å². The number of aromatic hydroxyl groups is 1. The van der Waals surface area contributed by atoms with E-state index in [0.717, 1.165) is 12.8 Å². The molecular formula is C15H24N4O2. The number of aliphatic imine (C=N–C) groups is 1. The molecule has 0 heterocycles. The Morgan fingerprint density at radius 2 is 1.90 bits per heavy atom. The first-order valence-electron chi connectivity index (χ1n) is 7.20. The van der Waals surface area contributed by atoms with Crippen molar-refractivity contribution in [3.8, 4) is 5.75 Å². The van der Waals surface area contributed by atoms with E-state index in [0.29, 0.717) is 30.7 Å². The van der Waals surface area contributed by atoms with Crippen molar-refractivity contribution in [3.05, 3.63) is 29.8 Å². The Kier molecular flexibility index (Phi) is 7.08. The molecule has 1 amide bonds. The average molecular weight is 292 g/mol. The lowest BCUT2D eigenvalue weighted by Crippen LogP contribution is -2.40. The Labute approximate surface area is 125 Å². The molecule has 1 rings (SSSR count). The number of rotatable bonds is 7. The minimum atomic E-state index is -0.197. The van der Waals surface area contributed by atoms with E-state index < -0.39 is 0 Å². The summed E-state index contributed by atoms with van der Waals surface area (Å²) in [5.74, 6) is 0.343. The molecule has 1 aromatic carbocycles. The van der Waals surface area contributed by atoms with Crippen molar-refractivity contribution in [2.24, 2.45) is 10.7 Å². The molecule has 0 saturated heterocycles. The van der Waals surface area contributed by atoms with E-state index in [-0.39, 0.29) is 11.7 Å². The van der Waals surface area contributed by atoms with Crippen molar-refractivity contribution >= 4 is 11.9 Å². The van der Waals surface area contributed by atoms with Gasteiger partial charge in [-0.05, 0) is 37.1 Å². The summed E-state index contributed by atoms with van der Waals surface area (Å²) in [6, 6.07) is 6.42. The summed E-state index contributed by atoms with van der Waals surface area (Å²) in [7, 11) is 0. The van der Waals surface area contributed by atoms with Crippen LogP contribution in [0.3, 0.4) is 0 Å². The fraction of sp³-hybridized carbons (Fsp3) is 0.467. The highest BCUT2D eigenvalue weighted by Crippen LogP contribution is 2.09. The Morgan fingerprint density at radius 1 is 1.29 bits per heavy atom. The van der Waals surface area contributed by atoms with Crippen LogP contribution in [-0.2, 0) is 0 Å². The fourth-order valence-electron chi connectivity index (χ4n) is 1.81. The number of amides is 1. The molecule has 0 aliphatic rings. The zero-order valence-electron chi connectivity index (χ0n) is 12.6. The maximum atomic E-state index is 11.8. The van der Waals surface area contributed by atoms with Crippen LogP contribution in [0.5, 0.6) is 5.75 Å². The Morgan fingerprint density at radius 3 is 2.48 bits per heavy atom. The second-order valence-corrected chi connectivity index (χ2v) is 4.73. The van der Waals surface area contributed by atoms with Crippen LogP contribution in [0.2, 0.25) is 0 Å². The van der Waals surface area contributed by atoms with Gasteiger partial charge in [0.1, 0.15) is 5.75 Å². The zero-order valence-corrected chi connectivity index (χ0v) is 12.6. The van der Waals surface area contributed by atoms with Gasteiger partial charge in [-0.3, -0.25) is 9.79 Å². The molecule has 0 spiro atoms. The largest absolute Gasteiger partial charge is 0.508 e. The van der Waals surface area contributed by atoms with Gasteiger partial charge in [-0.2, -0.15) is 0 Å². The number of carbonyl (C=O) groups excluding carboxylic acids is 1. The molecule has 0 aliphatic heterocycles. The van der Waals surface area contributed by atoms with E-state index >= 15 is 0 Å². The van der Waals surface area contributed by atoms with Gasteiger partial charge in [-0.1, -0.05) is 13.8 Å². The highest BCUT2D eigenvalue weighted by molar-refractivity contribution is 5.94. The van der Waals surface area contributed by atoms with Crippen LogP contribution in [0, 0.1) is 0 Å². The first-order valence-corrected chi connectivity index (χ1v) is 7.20. The molecule has 0 saturated carbocycles. The number of nitrogens with two attached hydrogens (primary N) is 1. The first kappa shape index (κ1) is 16.8. The van der Waals surface area contributed by atoms with Gasteiger partial charge in [-0.25, -0.2) is 0 Å². The van der Waals surface area contributed by atoms with Gasteiger partial charge in [0.25, 0.3) is 5.91 Å². The number of phenolic OH excluding ortho intramolecular Hbond substituents is 1. The molecule has 21 heavy (non-hydrogen) atoms. The second-order valence-electron chi connectivity index (χ2n) is 4.73. The van der Waals surface area contributed by atoms with Gasteiger partial charge in [0.05, 0.1) is 6.54 Å². The number of guanidine groups is 1. The number of carbonyl (C=O) groups is 1. The van der Waals surface area contributed by atoms with Crippen LogP contribution in [-0.4, -0.2) is 36.1 Å². The Bertz CT molecular complexity index is 467. The highest BCUT2D eigenvalue weighted by atomic mass is 16.3. The molecule has 0 atom stereocenters. The van der Waals surface area contributed by atoms with Crippen LogP contribution in [0.4, 0.5) is 0 Å². The maximum absolute atomic E-state index is 11.8. The molecule has 6 heteroatoms. The van der Waals surface area contributed by atoms with Gasteiger partial charge < -0.3 is 21.5 Å². The minimum Gasteiger partial charge on any atom is -0.508 e. The molecule has 0 unspecified atom stereocenters. The van der Waals surface area contributed by atoms with Gasteiger partial charge in [0, 0.05) is 18.2 Å². The average Bonchev–Trinajstić information content (AvgIpc) is 2.49. The summed E-state index contributed by atoms with van der Waals surface area (Å²) in [6.45, 7) is 5.01. The number of hydrogen-bond donors (Lipinski definition) is 4. The Balaban J connectivity index is 2.33. The summed E-state index contributed by atoms with van der Waals surface area (Å²) < 4.78 is 0. The predicted octanol–water partition coefficient (Wildman–Crippen LogP) is 1.21. The lowest BCUT2D eigenvalue weighted by Gasteiger charge is -2.15. The zero-order chi connectivity index (χ0) is 15.7. The SMILES string of the molecule is CCC(CC)NC(N)=NCCNC(=O)c1ccc(O)cc1. The van der Waals surface area contributed by atoms with E-state index in [1.807, 2.05) is 0 Å². The van der Waals surface area contributed by atoms with Crippen LogP contribution < -0.4 is 16.4 Å². The van der Waals surface area contributed by atoms with Crippen LogP contribution in [0.25, 0.3) is 0 Å². The van der Waals surface area contributed by atoms with Crippen molar-refractivity contribution in [2.75, 3.05) is 13.1 Å². The van der Waals surface area contributed by atoms with E-state index in [1.54, 1.807) is 12.1 Å². The van der Waals surface area contributed by atoms with Gasteiger partial charge in [-0.15, -0.1) is 0 Å². The number of hydrogen-bond acceptors (Lipinski definition) is 3. The number of benzene rings is 1. The molecule has 116 valence electrons. The molecule has 1 aromatic rings. The fourth-order valence-corrected chi connectivity index (χ4v) is 1.81. The normalized spacial score (nSPS) is 11.5. The van der Waals surface area contributed by atoms with E-state index in [2.05, 4.69) is 29.5 Å². The van der Waals surface area contributed by atoms with E-state index in [1.165, 1.54) is 12.1 Å². The van der Waals surface area contributed by atoms with Crippen molar-refractivity contribution in [2.45, 2.75) is 32.7 Å². The highest BCUT2D eigenvalue weighted by Gasteiger charge is 2.05. The third-order valence-corrected chi connectivity index (χ3v) is 3.15. The van der Waals surface area contributed by atoms with Crippen LogP contribution in [0.15, 0.2) is 29.3 Å².